The van der Waals surface area contributed by atoms with Crippen LogP contribution in [0.15, 0.2) is 29.2 Å². The van der Waals surface area contributed by atoms with Crippen LogP contribution in [0.25, 0.3) is 0 Å². The molecular formula is C13H19NO3S. The third kappa shape index (κ3) is 3.84. The third-order valence-electron chi connectivity index (χ3n) is 2.70. The van der Waals surface area contributed by atoms with Gasteiger partial charge in [0.1, 0.15) is 0 Å². The summed E-state index contributed by atoms with van der Waals surface area (Å²) in [5.74, 6) is -0.144. The van der Waals surface area contributed by atoms with Crippen LogP contribution in [-0.2, 0) is 9.84 Å². The molecule has 5 heteroatoms. The van der Waals surface area contributed by atoms with Crippen LogP contribution < -0.4 is 0 Å². The van der Waals surface area contributed by atoms with Crippen molar-refractivity contribution in [1.82, 2.24) is 4.90 Å². The van der Waals surface area contributed by atoms with Crippen molar-refractivity contribution in [3.63, 3.8) is 0 Å². The van der Waals surface area contributed by atoms with Crippen molar-refractivity contribution >= 4 is 15.7 Å². The molecule has 0 aromatic heterocycles. The first-order valence-corrected chi connectivity index (χ1v) is 7.81. The Bertz CT molecular complexity index is 523. The van der Waals surface area contributed by atoms with E-state index in [1.54, 1.807) is 24.1 Å². The van der Waals surface area contributed by atoms with E-state index in [-0.39, 0.29) is 10.8 Å². The van der Waals surface area contributed by atoms with Crippen LogP contribution in [0.4, 0.5) is 0 Å². The Morgan fingerprint density at radius 2 is 2.00 bits per heavy atom. The van der Waals surface area contributed by atoms with E-state index < -0.39 is 9.84 Å². The van der Waals surface area contributed by atoms with Gasteiger partial charge in [-0.05, 0) is 24.6 Å². The zero-order valence-corrected chi connectivity index (χ0v) is 11.8. The molecule has 1 aromatic carbocycles. The van der Waals surface area contributed by atoms with Gasteiger partial charge in [-0.25, -0.2) is 8.42 Å². The van der Waals surface area contributed by atoms with E-state index in [9.17, 15) is 13.2 Å². The predicted octanol–water partition coefficient (Wildman–Crippen LogP) is 1.96. The molecule has 100 valence electrons. The highest BCUT2D eigenvalue weighted by Crippen LogP contribution is 2.13. The highest BCUT2D eigenvalue weighted by atomic mass is 32.2. The molecule has 1 aromatic rings. The summed E-state index contributed by atoms with van der Waals surface area (Å²) in [6.45, 7) is 2.74. The lowest BCUT2D eigenvalue weighted by Crippen LogP contribution is -2.27. The molecule has 4 nitrogen and oxygen atoms in total. The molecule has 1 amide bonds. The van der Waals surface area contributed by atoms with Gasteiger partial charge in [0.2, 0.25) is 0 Å². The summed E-state index contributed by atoms with van der Waals surface area (Å²) in [5.41, 5.74) is 0.413. The predicted molar refractivity (Wildman–Crippen MR) is 71.4 cm³/mol. The van der Waals surface area contributed by atoms with Gasteiger partial charge in [-0.2, -0.15) is 0 Å². The lowest BCUT2D eigenvalue weighted by Gasteiger charge is -2.17. The second-order valence-electron chi connectivity index (χ2n) is 4.38. The standard InChI is InChI=1S/C13H19NO3S/c1-4-5-9-14(2)13(15)11-7-6-8-12(10-11)18(3,16)17/h6-8,10H,4-5,9H2,1-3H3. The lowest BCUT2D eigenvalue weighted by molar-refractivity contribution is 0.0793. The monoisotopic (exact) mass is 269 g/mol. The fraction of sp³-hybridized carbons (Fsp3) is 0.462. The number of rotatable bonds is 5. The van der Waals surface area contributed by atoms with Gasteiger partial charge in [0.05, 0.1) is 4.90 Å². The summed E-state index contributed by atoms with van der Waals surface area (Å²) < 4.78 is 22.8. The lowest BCUT2D eigenvalue weighted by atomic mass is 10.2. The molecule has 0 saturated carbocycles. The minimum absolute atomic E-state index is 0.144. The van der Waals surface area contributed by atoms with E-state index in [2.05, 4.69) is 6.92 Å². The molecule has 0 unspecified atom stereocenters. The Morgan fingerprint density at radius 3 is 2.56 bits per heavy atom. The maximum Gasteiger partial charge on any atom is 0.253 e. The van der Waals surface area contributed by atoms with E-state index in [4.69, 9.17) is 0 Å². The third-order valence-corrected chi connectivity index (χ3v) is 3.81. The van der Waals surface area contributed by atoms with Crippen molar-refractivity contribution in [3.05, 3.63) is 29.8 Å². The smallest absolute Gasteiger partial charge is 0.253 e. The van der Waals surface area contributed by atoms with Crippen LogP contribution in [0.2, 0.25) is 0 Å². The number of hydrogen-bond acceptors (Lipinski definition) is 3. The average molecular weight is 269 g/mol. The van der Waals surface area contributed by atoms with Gasteiger partial charge >= 0.3 is 0 Å². The van der Waals surface area contributed by atoms with Gasteiger partial charge in [0.15, 0.2) is 9.84 Å². The number of amides is 1. The highest BCUT2D eigenvalue weighted by molar-refractivity contribution is 7.90. The fourth-order valence-corrected chi connectivity index (χ4v) is 2.24. The molecule has 0 aliphatic rings. The number of carbonyl (C=O) groups excluding carboxylic acids is 1. The van der Waals surface area contributed by atoms with Gasteiger partial charge in [0.25, 0.3) is 5.91 Å². The molecular weight excluding hydrogens is 250 g/mol. The Morgan fingerprint density at radius 1 is 1.33 bits per heavy atom. The molecule has 18 heavy (non-hydrogen) atoms. The van der Waals surface area contributed by atoms with Crippen LogP contribution in [0.5, 0.6) is 0 Å². The van der Waals surface area contributed by atoms with Crippen LogP contribution in [0.3, 0.4) is 0 Å². The molecule has 0 radical (unpaired) electrons. The summed E-state index contributed by atoms with van der Waals surface area (Å²) in [5, 5.41) is 0. The molecule has 0 bridgehead atoms. The van der Waals surface area contributed by atoms with Crippen molar-refractivity contribution in [3.8, 4) is 0 Å². The number of benzene rings is 1. The molecule has 0 aliphatic carbocycles. The summed E-state index contributed by atoms with van der Waals surface area (Å²) in [6.07, 6.45) is 3.09. The van der Waals surface area contributed by atoms with Gasteiger partial charge in [-0.1, -0.05) is 19.4 Å². The van der Waals surface area contributed by atoms with Crippen molar-refractivity contribution in [2.45, 2.75) is 24.7 Å². The Labute approximate surface area is 109 Å². The zero-order chi connectivity index (χ0) is 13.8. The Balaban J connectivity index is 2.93. The second-order valence-corrected chi connectivity index (χ2v) is 6.40. The van der Waals surface area contributed by atoms with Crippen molar-refractivity contribution in [2.24, 2.45) is 0 Å². The van der Waals surface area contributed by atoms with Gasteiger partial charge < -0.3 is 4.90 Å². The molecule has 0 heterocycles. The molecule has 0 atom stereocenters. The fourth-order valence-electron chi connectivity index (χ4n) is 1.58. The topological polar surface area (TPSA) is 54.5 Å². The van der Waals surface area contributed by atoms with Crippen molar-refractivity contribution in [1.29, 1.82) is 0 Å². The van der Waals surface area contributed by atoms with Crippen LogP contribution in [0, 0.1) is 0 Å². The maximum absolute atomic E-state index is 12.1. The minimum Gasteiger partial charge on any atom is -0.342 e. The SMILES string of the molecule is CCCCN(C)C(=O)c1cccc(S(C)(=O)=O)c1. The number of unbranched alkanes of at least 4 members (excludes halogenated alkanes) is 1. The number of carbonyl (C=O) groups is 1. The molecule has 0 aliphatic heterocycles. The normalized spacial score (nSPS) is 11.3. The first-order valence-electron chi connectivity index (χ1n) is 5.92. The molecule has 0 N–H and O–H groups in total. The second kappa shape index (κ2) is 6.00. The zero-order valence-electron chi connectivity index (χ0n) is 11.0. The van der Waals surface area contributed by atoms with E-state index >= 15 is 0 Å². The Hall–Kier alpha value is -1.36. The average Bonchev–Trinajstić information content (AvgIpc) is 2.34. The molecule has 0 spiro atoms. The maximum atomic E-state index is 12.1. The quantitative estimate of drug-likeness (QED) is 0.821. The molecule has 1 rings (SSSR count). The largest absolute Gasteiger partial charge is 0.342 e. The number of nitrogens with zero attached hydrogens (tertiary/aromatic N) is 1. The highest BCUT2D eigenvalue weighted by Gasteiger charge is 2.14. The van der Waals surface area contributed by atoms with Crippen molar-refractivity contribution in [2.75, 3.05) is 19.8 Å². The van der Waals surface area contributed by atoms with Crippen molar-refractivity contribution < 1.29 is 13.2 Å². The summed E-state index contributed by atoms with van der Waals surface area (Å²) in [7, 11) is -1.54. The summed E-state index contributed by atoms with van der Waals surface area (Å²) in [6, 6.07) is 6.16. The van der Waals surface area contributed by atoms with E-state index in [0.29, 0.717) is 12.1 Å². The minimum atomic E-state index is -3.27. The molecule has 0 fully saturated rings. The van der Waals surface area contributed by atoms with Crippen LogP contribution in [0.1, 0.15) is 30.1 Å². The number of sulfone groups is 1. The summed E-state index contributed by atoms with van der Waals surface area (Å²) >= 11 is 0. The van der Waals surface area contributed by atoms with Crippen LogP contribution >= 0.6 is 0 Å². The Kier molecular flexibility index (Phi) is 4.90. The van der Waals surface area contributed by atoms with Crippen LogP contribution in [-0.4, -0.2) is 39.1 Å². The first kappa shape index (κ1) is 14.7. The van der Waals surface area contributed by atoms with Gasteiger partial charge in [0, 0.05) is 25.4 Å². The van der Waals surface area contributed by atoms with Gasteiger partial charge in [-0.15, -0.1) is 0 Å². The van der Waals surface area contributed by atoms with E-state index in [1.165, 1.54) is 12.1 Å². The first-order chi connectivity index (χ1) is 8.36. The summed E-state index contributed by atoms with van der Waals surface area (Å²) in [4.78, 5) is 13.9. The van der Waals surface area contributed by atoms with E-state index in [0.717, 1.165) is 19.1 Å². The van der Waals surface area contributed by atoms with E-state index in [1.807, 2.05) is 0 Å². The van der Waals surface area contributed by atoms with Gasteiger partial charge in [-0.3, -0.25) is 4.79 Å². The number of hydrogen-bond donors (Lipinski definition) is 0. The molecule has 0 saturated heterocycles.